The number of halogens is 1. The third-order valence-corrected chi connectivity index (χ3v) is 5.85. The topological polar surface area (TPSA) is 52.7 Å². The van der Waals surface area contributed by atoms with Crippen molar-refractivity contribution in [3.05, 3.63) is 63.6 Å². The summed E-state index contributed by atoms with van der Waals surface area (Å²) in [5.74, 6) is 0.182. The lowest BCUT2D eigenvalue weighted by atomic mass is 10.1. The Kier molecular flexibility index (Phi) is 7.45. The third kappa shape index (κ3) is 6.15. The van der Waals surface area contributed by atoms with Crippen molar-refractivity contribution < 1.29 is 9.59 Å². The quantitative estimate of drug-likeness (QED) is 0.717. The van der Waals surface area contributed by atoms with Gasteiger partial charge >= 0.3 is 0 Å². The van der Waals surface area contributed by atoms with E-state index in [0.717, 1.165) is 46.4 Å². The molecule has 0 aromatic heterocycles. The van der Waals surface area contributed by atoms with Gasteiger partial charge < -0.3 is 10.2 Å². The van der Waals surface area contributed by atoms with Crippen LogP contribution in [0.2, 0.25) is 0 Å². The number of nitrogens with zero attached hydrogens (tertiary/aromatic N) is 2. The molecule has 0 bridgehead atoms. The minimum absolute atomic E-state index is 0.00293. The van der Waals surface area contributed by atoms with Crippen molar-refractivity contribution in [1.82, 2.24) is 9.80 Å². The maximum absolute atomic E-state index is 12.5. The predicted molar refractivity (Wildman–Crippen MR) is 120 cm³/mol. The highest BCUT2D eigenvalue weighted by atomic mass is 79.9. The Morgan fingerprint density at radius 3 is 2.31 bits per heavy atom. The second-order valence-corrected chi connectivity index (χ2v) is 8.52. The second kappa shape index (κ2) is 10.0. The molecule has 0 atom stereocenters. The van der Waals surface area contributed by atoms with Crippen LogP contribution in [0.15, 0.2) is 46.9 Å². The van der Waals surface area contributed by atoms with Crippen molar-refractivity contribution in [2.45, 2.75) is 26.7 Å². The Morgan fingerprint density at radius 1 is 1.00 bits per heavy atom. The van der Waals surface area contributed by atoms with Gasteiger partial charge in [-0.3, -0.25) is 14.5 Å². The van der Waals surface area contributed by atoms with Crippen LogP contribution in [0.4, 0.5) is 5.69 Å². The first-order valence-electron chi connectivity index (χ1n) is 10.0. The van der Waals surface area contributed by atoms with Gasteiger partial charge in [0.15, 0.2) is 0 Å². The lowest BCUT2D eigenvalue weighted by Crippen LogP contribution is -2.50. The van der Waals surface area contributed by atoms with Crippen LogP contribution in [0.3, 0.4) is 0 Å². The van der Waals surface area contributed by atoms with E-state index >= 15 is 0 Å². The van der Waals surface area contributed by atoms with Crippen molar-refractivity contribution >= 4 is 33.4 Å². The molecule has 5 nitrogen and oxygen atoms in total. The first-order valence-corrected chi connectivity index (χ1v) is 10.8. The van der Waals surface area contributed by atoms with Crippen molar-refractivity contribution in [1.29, 1.82) is 0 Å². The van der Waals surface area contributed by atoms with E-state index in [0.29, 0.717) is 26.1 Å². The molecule has 1 aliphatic rings. The van der Waals surface area contributed by atoms with Gasteiger partial charge in [0.1, 0.15) is 0 Å². The van der Waals surface area contributed by atoms with E-state index in [9.17, 15) is 9.59 Å². The predicted octanol–water partition coefficient (Wildman–Crippen LogP) is 3.78. The highest BCUT2D eigenvalue weighted by Crippen LogP contribution is 2.19. The normalized spacial score (nSPS) is 14.7. The lowest BCUT2D eigenvalue weighted by Gasteiger charge is -2.34. The summed E-state index contributed by atoms with van der Waals surface area (Å²) in [5, 5.41) is 3.04. The van der Waals surface area contributed by atoms with Crippen molar-refractivity contribution in [3.63, 3.8) is 0 Å². The fraction of sp³-hybridized carbons (Fsp3) is 0.391. The summed E-state index contributed by atoms with van der Waals surface area (Å²) in [6.45, 7) is 7.16. The average molecular weight is 458 g/mol. The highest BCUT2D eigenvalue weighted by Gasteiger charge is 2.22. The number of piperazine rings is 1. The van der Waals surface area contributed by atoms with Gasteiger partial charge in [0, 0.05) is 42.8 Å². The van der Waals surface area contributed by atoms with E-state index in [4.69, 9.17) is 0 Å². The molecule has 2 aromatic rings. The molecule has 1 heterocycles. The van der Waals surface area contributed by atoms with Crippen LogP contribution in [0, 0.1) is 13.8 Å². The van der Waals surface area contributed by atoms with Gasteiger partial charge in [0.25, 0.3) is 0 Å². The first-order chi connectivity index (χ1) is 13.9. The van der Waals surface area contributed by atoms with Crippen molar-refractivity contribution in [3.8, 4) is 0 Å². The summed E-state index contributed by atoms with van der Waals surface area (Å²) < 4.78 is 1.04. The van der Waals surface area contributed by atoms with Crippen LogP contribution in [0.1, 0.15) is 23.1 Å². The number of carbonyl (C=O) groups excluding carboxylic acids is 2. The zero-order valence-electron chi connectivity index (χ0n) is 17.1. The molecule has 2 amide bonds. The average Bonchev–Trinajstić information content (AvgIpc) is 2.70. The summed E-state index contributed by atoms with van der Waals surface area (Å²) in [6.07, 6.45) is 1.26. The van der Waals surface area contributed by atoms with Gasteiger partial charge in [-0.1, -0.05) is 46.3 Å². The van der Waals surface area contributed by atoms with E-state index < -0.39 is 0 Å². The Hall–Kier alpha value is -2.18. The lowest BCUT2D eigenvalue weighted by molar-refractivity contribution is -0.133. The van der Waals surface area contributed by atoms with Gasteiger partial charge in [0.05, 0.1) is 6.54 Å². The van der Waals surface area contributed by atoms with E-state index in [2.05, 4.69) is 32.2 Å². The van der Waals surface area contributed by atoms with Crippen LogP contribution >= 0.6 is 15.9 Å². The summed E-state index contributed by atoms with van der Waals surface area (Å²) in [4.78, 5) is 29.0. The molecule has 0 saturated carbocycles. The Labute approximate surface area is 181 Å². The molecule has 0 radical (unpaired) electrons. The number of anilines is 1. The number of benzene rings is 2. The summed E-state index contributed by atoms with van der Waals surface area (Å²) in [5.41, 5.74) is 4.20. The number of aryl methyl sites for hydroxylation is 3. The van der Waals surface area contributed by atoms with Crippen LogP contribution in [-0.4, -0.2) is 54.3 Å². The fourth-order valence-corrected chi connectivity index (χ4v) is 4.10. The number of hydrogen-bond acceptors (Lipinski definition) is 3. The molecule has 29 heavy (non-hydrogen) atoms. The molecule has 6 heteroatoms. The number of nitrogens with one attached hydrogen (secondary N) is 1. The zero-order valence-corrected chi connectivity index (χ0v) is 18.7. The summed E-state index contributed by atoms with van der Waals surface area (Å²) in [6, 6.07) is 14.1. The van der Waals surface area contributed by atoms with E-state index in [1.54, 1.807) is 0 Å². The molecule has 0 spiro atoms. The third-order valence-electron chi connectivity index (χ3n) is 5.35. The molecule has 0 unspecified atom stereocenters. The zero-order chi connectivity index (χ0) is 20.8. The molecule has 154 valence electrons. The summed E-state index contributed by atoms with van der Waals surface area (Å²) in [7, 11) is 0. The maximum atomic E-state index is 12.5. The van der Waals surface area contributed by atoms with Crippen LogP contribution < -0.4 is 5.32 Å². The van der Waals surface area contributed by atoms with Crippen LogP contribution in [-0.2, 0) is 16.0 Å². The highest BCUT2D eigenvalue weighted by molar-refractivity contribution is 9.10. The SMILES string of the molecule is Cc1cccc(C)c1NC(=O)CN1CCN(C(=O)CCc2cccc(Br)c2)CC1. The van der Waals surface area contributed by atoms with E-state index in [-0.39, 0.29) is 11.8 Å². The van der Waals surface area contributed by atoms with Gasteiger partial charge in [0.2, 0.25) is 11.8 Å². The maximum Gasteiger partial charge on any atom is 0.238 e. The molecule has 0 aliphatic carbocycles. The number of para-hydroxylation sites is 1. The Balaban J connectivity index is 1.42. The van der Waals surface area contributed by atoms with Gasteiger partial charge in [-0.15, -0.1) is 0 Å². The number of rotatable bonds is 6. The Morgan fingerprint density at radius 2 is 1.66 bits per heavy atom. The monoisotopic (exact) mass is 457 g/mol. The molecule has 1 aliphatic heterocycles. The minimum atomic E-state index is -0.00293. The first kappa shape index (κ1) is 21.5. The molecule has 1 N–H and O–H groups in total. The largest absolute Gasteiger partial charge is 0.340 e. The van der Waals surface area contributed by atoms with Gasteiger partial charge in [-0.2, -0.15) is 0 Å². The smallest absolute Gasteiger partial charge is 0.238 e. The molecule has 1 fully saturated rings. The minimum Gasteiger partial charge on any atom is -0.340 e. The van der Waals surface area contributed by atoms with Crippen molar-refractivity contribution in [2.75, 3.05) is 38.0 Å². The van der Waals surface area contributed by atoms with Gasteiger partial charge in [-0.25, -0.2) is 0 Å². The second-order valence-electron chi connectivity index (χ2n) is 7.60. The Bertz CT molecular complexity index is 856. The van der Waals surface area contributed by atoms with Crippen molar-refractivity contribution in [2.24, 2.45) is 0 Å². The van der Waals surface area contributed by atoms with E-state index in [1.807, 2.05) is 55.1 Å². The van der Waals surface area contributed by atoms with Gasteiger partial charge in [-0.05, 0) is 49.1 Å². The molecular formula is C23H28BrN3O2. The number of carbonyl (C=O) groups is 2. The van der Waals surface area contributed by atoms with Crippen LogP contribution in [0.25, 0.3) is 0 Å². The summed E-state index contributed by atoms with van der Waals surface area (Å²) >= 11 is 3.47. The molecular weight excluding hydrogens is 430 g/mol. The standard InChI is InChI=1S/C23H28BrN3O2/c1-17-5-3-6-18(2)23(17)25-21(28)16-26-11-13-27(14-12-26)22(29)10-9-19-7-4-8-20(24)15-19/h3-8,15H,9-14,16H2,1-2H3,(H,25,28). The van der Waals surface area contributed by atoms with E-state index in [1.165, 1.54) is 0 Å². The molecule has 2 aromatic carbocycles. The number of hydrogen-bond donors (Lipinski definition) is 1. The fourth-order valence-electron chi connectivity index (χ4n) is 3.65. The molecule has 3 rings (SSSR count). The molecule has 1 saturated heterocycles. The number of amides is 2. The van der Waals surface area contributed by atoms with Crippen LogP contribution in [0.5, 0.6) is 0 Å².